The van der Waals surface area contributed by atoms with Crippen molar-refractivity contribution in [1.29, 1.82) is 0 Å². The van der Waals surface area contributed by atoms with Gasteiger partial charge in [-0.15, -0.1) is 0 Å². The van der Waals surface area contributed by atoms with Crippen LogP contribution in [0.25, 0.3) is 0 Å². The Kier molecular flexibility index (Phi) is 7.40. The number of nitrogens with one attached hydrogen (secondary N) is 2. The first-order valence-corrected chi connectivity index (χ1v) is 11.6. The van der Waals surface area contributed by atoms with Gasteiger partial charge in [-0.1, -0.05) is 41.4 Å². The number of anilines is 2. The average Bonchev–Trinajstić information content (AvgIpc) is 2.73. The maximum atomic E-state index is 12.9. The summed E-state index contributed by atoms with van der Waals surface area (Å²) in [5.41, 5.74) is 1.20. The highest BCUT2D eigenvalue weighted by Gasteiger charge is 2.20. The third-order valence-corrected chi connectivity index (χ3v) is 6.27. The van der Waals surface area contributed by atoms with E-state index in [0.29, 0.717) is 16.3 Å². The molecular formula is C22H18Cl2N2O5S. The summed E-state index contributed by atoms with van der Waals surface area (Å²) < 4.78 is 28.1. The van der Waals surface area contributed by atoms with E-state index in [0.717, 1.165) is 0 Å². The number of halogens is 2. The molecule has 0 spiro atoms. The Balaban J connectivity index is 1.83. The lowest BCUT2D eigenvalue weighted by atomic mass is 10.1. The van der Waals surface area contributed by atoms with Crippen molar-refractivity contribution in [1.82, 2.24) is 0 Å². The van der Waals surface area contributed by atoms with Crippen LogP contribution in [0.4, 0.5) is 11.4 Å². The number of carbonyl (C=O) groups excluding carboxylic acids is 1. The molecular weight excluding hydrogens is 475 g/mol. The summed E-state index contributed by atoms with van der Waals surface area (Å²) in [6.45, 7) is 0. The molecule has 3 aromatic carbocycles. The van der Waals surface area contributed by atoms with E-state index in [-0.39, 0.29) is 34.0 Å². The number of sulfonamides is 1. The van der Waals surface area contributed by atoms with E-state index < -0.39 is 21.9 Å². The molecule has 10 heteroatoms. The quantitative estimate of drug-likeness (QED) is 0.406. The fraction of sp³-hybridized carbons (Fsp3) is 0.0909. The molecule has 3 N–H and O–H groups in total. The van der Waals surface area contributed by atoms with Crippen LogP contribution < -0.4 is 10.0 Å². The molecule has 0 bridgehead atoms. The van der Waals surface area contributed by atoms with Crippen LogP contribution in [0.15, 0.2) is 71.6 Å². The number of hydrogen-bond acceptors (Lipinski definition) is 4. The molecule has 0 aliphatic rings. The second kappa shape index (κ2) is 10.0. The minimum absolute atomic E-state index is 0.0270. The monoisotopic (exact) mass is 492 g/mol. The van der Waals surface area contributed by atoms with Crippen LogP contribution in [0.2, 0.25) is 10.0 Å². The highest BCUT2D eigenvalue weighted by molar-refractivity contribution is 7.92. The van der Waals surface area contributed by atoms with Crippen molar-refractivity contribution in [2.75, 3.05) is 10.0 Å². The fourth-order valence-corrected chi connectivity index (χ4v) is 4.29. The Morgan fingerprint density at radius 2 is 1.59 bits per heavy atom. The van der Waals surface area contributed by atoms with Gasteiger partial charge in [0.05, 0.1) is 16.1 Å². The predicted octanol–water partition coefficient (Wildman–Crippen LogP) is 5.06. The number of amides is 1. The zero-order valence-electron chi connectivity index (χ0n) is 16.5. The molecule has 0 unspecified atom stereocenters. The molecule has 3 aromatic rings. The van der Waals surface area contributed by atoms with Crippen molar-refractivity contribution in [2.24, 2.45) is 0 Å². The van der Waals surface area contributed by atoms with Crippen molar-refractivity contribution in [3.63, 3.8) is 0 Å². The maximum absolute atomic E-state index is 12.9. The lowest BCUT2D eigenvalue weighted by Gasteiger charge is -2.14. The van der Waals surface area contributed by atoms with Gasteiger partial charge in [0.25, 0.3) is 15.9 Å². The average molecular weight is 493 g/mol. The Hall–Kier alpha value is -3.07. The normalized spacial score (nSPS) is 11.1. The number of carboxylic acids is 1. The third kappa shape index (κ3) is 6.23. The summed E-state index contributed by atoms with van der Waals surface area (Å²) in [4.78, 5) is 23.5. The van der Waals surface area contributed by atoms with Crippen LogP contribution >= 0.6 is 23.2 Å². The second-order valence-corrected chi connectivity index (χ2v) is 9.35. The number of rotatable bonds is 8. The largest absolute Gasteiger partial charge is 0.481 e. The van der Waals surface area contributed by atoms with Gasteiger partial charge in [0.15, 0.2) is 0 Å². The summed E-state index contributed by atoms with van der Waals surface area (Å²) in [6.07, 6.45) is 0.230. The van der Waals surface area contributed by atoms with E-state index in [2.05, 4.69) is 10.0 Å². The lowest BCUT2D eigenvalue weighted by molar-refractivity contribution is -0.136. The number of carboxylic acid groups (broad SMARTS) is 1. The molecule has 0 radical (unpaired) electrons. The number of aliphatic carboxylic acids is 1. The summed E-state index contributed by atoms with van der Waals surface area (Å²) in [6, 6.07) is 16.6. The van der Waals surface area contributed by atoms with Crippen LogP contribution in [-0.4, -0.2) is 25.4 Å². The first-order valence-electron chi connectivity index (χ1n) is 9.34. The fourth-order valence-electron chi connectivity index (χ4n) is 2.85. The molecule has 0 aliphatic heterocycles. The van der Waals surface area contributed by atoms with Gasteiger partial charge in [0.1, 0.15) is 0 Å². The second-order valence-electron chi connectivity index (χ2n) is 6.80. The van der Waals surface area contributed by atoms with Crippen molar-refractivity contribution < 1.29 is 23.1 Å². The minimum atomic E-state index is -4.02. The van der Waals surface area contributed by atoms with Crippen LogP contribution in [0.3, 0.4) is 0 Å². The number of benzene rings is 3. The lowest BCUT2D eigenvalue weighted by Crippen LogP contribution is -2.18. The number of carbonyl (C=O) groups is 2. The van der Waals surface area contributed by atoms with Crippen molar-refractivity contribution in [3.8, 4) is 0 Å². The number of hydrogen-bond donors (Lipinski definition) is 3. The first-order chi connectivity index (χ1) is 15.1. The molecule has 0 atom stereocenters. The van der Waals surface area contributed by atoms with Gasteiger partial charge in [-0.25, -0.2) is 8.42 Å². The predicted molar refractivity (Wildman–Crippen MR) is 124 cm³/mol. The standard InChI is InChI=1S/C22H18Cl2N2O5S/c23-15-2-1-3-17(12-15)25-22(29)19-13-16(24)7-10-20(19)26-32(30,31)18-8-4-14(5-9-18)6-11-21(27)28/h1-5,7-10,12-13,26H,6,11H2,(H,25,29)(H,27,28). The molecule has 1 amide bonds. The zero-order chi connectivity index (χ0) is 23.3. The summed E-state index contributed by atoms with van der Waals surface area (Å²) in [7, 11) is -4.02. The molecule has 7 nitrogen and oxygen atoms in total. The van der Waals surface area contributed by atoms with E-state index in [4.69, 9.17) is 28.3 Å². The Labute approximate surface area is 195 Å². The highest BCUT2D eigenvalue weighted by Crippen LogP contribution is 2.25. The molecule has 0 heterocycles. The van der Waals surface area contributed by atoms with E-state index in [1.165, 1.54) is 30.3 Å². The van der Waals surface area contributed by atoms with E-state index in [1.807, 2.05) is 0 Å². The molecule has 32 heavy (non-hydrogen) atoms. The van der Waals surface area contributed by atoms with E-state index in [1.54, 1.807) is 36.4 Å². The molecule has 0 saturated carbocycles. The van der Waals surface area contributed by atoms with Crippen LogP contribution in [-0.2, 0) is 21.2 Å². The molecule has 166 valence electrons. The Morgan fingerprint density at radius 3 is 2.25 bits per heavy atom. The van der Waals surface area contributed by atoms with Crippen molar-refractivity contribution in [3.05, 3.63) is 87.9 Å². The first kappa shape index (κ1) is 23.6. The number of aryl methyl sites for hydroxylation is 1. The van der Waals surface area contributed by atoms with Crippen molar-refractivity contribution >= 4 is 56.5 Å². The Bertz CT molecular complexity index is 1260. The third-order valence-electron chi connectivity index (χ3n) is 4.41. The van der Waals surface area contributed by atoms with Gasteiger partial charge < -0.3 is 10.4 Å². The highest BCUT2D eigenvalue weighted by atomic mass is 35.5. The van der Waals surface area contributed by atoms with E-state index in [9.17, 15) is 18.0 Å². The van der Waals surface area contributed by atoms with Crippen LogP contribution in [0, 0.1) is 0 Å². The van der Waals surface area contributed by atoms with Gasteiger partial charge in [0.2, 0.25) is 0 Å². The smallest absolute Gasteiger partial charge is 0.303 e. The summed E-state index contributed by atoms with van der Waals surface area (Å²) in [5, 5.41) is 12.1. The van der Waals surface area contributed by atoms with E-state index >= 15 is 0 Å². The van der Waals surface area contributed by atoms with Gasteiger partial charge in [-0.05, 0) is 60.5 Å². The summed E-state index contributed by atoms with van der Waals surface area (Å²) >= 11 is 12.0. The molecule has 0 fully saturated rings. The maximum Gasteiger partial charge on any atom is 0.303 e. The summed E-state index contributed by atoms with van der Waals surface area (Å²) in [5.74, 6) is -1.51. The molecule has 3 rings (SSSR count). The molecule has 0 aliphatic carbocycles. The van der Waals surface area contributed by atoms with Gasteiger partial charge in [-0.3, -0.25) is 14.3 Å². The Morgan fingerprint density at radius 1 is 0.906 bits per heavy atom. The molecule has 0 aromatic heterocycles. The van der Waals surface area contributed by atoms with Crippen LogP contribution in [0.5, 0.6) is 0 Å². The van der Waals surface area contributed by atoms with Gasteiger partial charge in [-0.2, -0.15) is 0 Å². The van der Waals surface area contributed by atoms with Crippen molar-refractivity contribution in [2.45, 2.75) is 17.7 Å². The van der Waals surface area contributed by atoms with Crippen LogP contribution in [0.1, 0.15) is 22.3 Å². The zero-order valence-corrected chi connectivity index (χ0v) is 18.8. The SMILES string of the molecule is O=C(O)CCc1ccc(S(=O)(=O)Nc2ccc(Cl)cc2C(=O)Nc2cccc(Cl)c2)cc1. The molecule has 0 saturated heterocycles. The van der Waals surface area contributed by atoms with Gasteiger partial charge >= 0.3 is 5.97 Å². The van der Waals surface area contributed by atoms with Gasteiger partial charge in [0, 0.05) is 22.2 Å². The topological polar surface area (TPSA) is 113 Å². The minimum Gasteiger partial charge on any atom is -0.481 e.